The standard InChI is InChI=1S/C43H49ClN3O8P/c1-28(2)47(29(3)4)56(54-37-16-12-11-15-36(37)44)55-38-25-40(46-26-30(5)41(48)45-42(46)49)53-39(38)27-52-43(31-13-9-8-10-14-31,32-17-21-34(50-6)22-18-32)33-19-23-35(51-7)24-20-33/h8-24,26,28-29,38-40H,25,27H2,1-7H3,(H,45,48,49)/t38-,39+,40+,56?/m0/s1. The van der Waals surface area contributed by atoms with Crippen molar-refractivity contribution in [2.75, 3.05) is 20.8 Å². The number of aromatic nitrogens is 2. The van der Waals surface area contributed by atoms with Crippen molar-refractivity contribution in [1.82, 2.24) is 14.2 Å². The zero-order chi connectivity index (χ0) is 40.0. The van der Waals surface area contributed by atoms with E-state index in [0.717, 1.165) is 16.7 Å². The number of halogens is 1. The molecule has 11 nitrogen and oxygen atoms in total. The summed E-state index contributed by atoms with van der Waals surface area (Å²) < 4.78 is 42.3. The third-order valence-electron chi connectivity index (χ3n) is 9.76. The number of H-pyrrole nitrogens is 1. The largest absolute Gasteiger partial charge is 0.497 e. The highest BCUT2D eigenvalue weighted by atomic mass is 35.5. The highest BCUT2D eigenvalue weighted by molar-refractivity contribution is 7.45. The minimum Gasteiger partial charge on any atom is -0.497 e. The average molecular weight is 802 g/mol. The van der Waals surface area contributed by atoms with Crippen LogP contribution in [-0.2, 0) is 19.6 Å². The van der Waals surface area contributed by atoms with E-state index in [1.165, 1.54) is 10.8 Å². The molecule has 0 radical (unpaired) electrons. The summed E-state index contributed by atoms with van der Waals surface area (Å²) in [5, 5.41) is 0.457. The van der Waals surface area contributed by atoms with Gasteiger partial charge in [0.25, 0.3) is 5.56 Å². The Kier molecular flexibility index (Phi) is 13.4. The van der Waals surface area contributed by atoms with Crippen molar-refractivity contribution in [3.63, 3.8) is 0 Å². The second-order valence-corrected chi connectivity index (χ2v) is 15.9. The predicted octanol–water partition coefficient (Wildman–Crippen LogP) is 8.62. The summed E-state index contributed by atoms with van der Waals surface area (Å²) in [6.07, 6.45) is -0.342. The van der Waals surface area contributed by atoms with Crippen molar-refractivity contribution in [1.29, 1.82) is 0 Å². The Labute approximate surface area is 334 Å². The van der Waals surface area contributed by atoms with E-state index in [-0.39, 0.29) is 25.1 Å². The second-order valence-electron chi connectivity index (χ2n) is 14.1. The zero-order valence-corrected chi connectivity index (χ0v) is 34.3. The van der Waals surface area contributed by atoms with Crippen molar-refractivity contribution in [3.05, 3.63) is 157 Å². The van der Waals surface area contributed by atoms with Gasteiger partial charge in [0, 0.05) is 30.3 Å². The molecule has 0 spiro atoms. The van der Waals surface area contributed by atoms with E-state index in [9.17, 15) is 9.59 Å². The molecule has 1 fully saturated rings. The van der Waals surface area contributed by atoms with Crippen LogP contribution in [0.2, 0.25) is 5.02 Å². The molecule has 0 aliphatic carbocycles. The van der Waals surface area contributed by atoms with Gasteiger partial charge < -0.3 is 28.0 Å². The normalized spacial score (nSPS) is 17.7. The number of para-hydroxylation sites is 1. The number of methoxy groups -OCH3 is 2. The lowest BCUT2D eigenvalue weighted by molar-refractivity contribution is -0.0921. The first-order valence-electron chi connectivity index (χ1n) is 18.6. The lowest BCUT2D eigenvalue weighted by Crippen LogP contribution is -2.40. The highest BCUT2D eigenvalue weighted by Crippen LogP contribution is 2.51. The summed E-state index contributed by atoms with van der Waals surface area (Å²) in [7, 11) is 1.48. The van der Waals surface area contributed by atoms with E-state index >= 15 is 0 Å². The molecule has 1 N–H and O–H groups in total. The van der Waals surface area contributed by atoms with Crippen molar-refractivity contribution >= 4 is 20.1 Å². The van der Waals surface area contributed by atoms with Crippen molar-refractivity contribution < 1.29 is 28.0 Å². The average Bonchev–Trinajstić information content (AvgIpc) is 3.59. The first kappa shape index (κ1) is 41.2. The Balaban J connectivity index is 1.45. The van der Waals surface area contributed by atoms with Crippen LogP contribution in [-0.4, -0.2) is 59.3 Å². The number of nitrogens with zero attached hydrogens (tertiary/aromatic N) is 2. The molecule has 4 aromatic carbocycles. The molecule has 296 valence electrons. The van der Waals surface area contributed by atoms with Crippen LogP contribution in [0.4, 0.5) is 0 Å². The number of rotatable bonds is 16. The van der Waals surface area contributed by atoms with Gasteiger partial charge >= 0.3 is 14.2 Å². The number of ether oxygens (including phenoxy) is 4. The van der Waals surface area contributed by atoms with Crippen molar-refractivity contribution in [3.8, 4) is 17.2 Å². The molecule has 0 amide bonds. The first-order valence-corrected chi connectivity index (χ1v) is 20.1. The third-order valence-corrected chi connectivity index (χ3v) is 12.2. The molecular weight excluding hydrogens is 753 g/mol. The maximum atomic E-state index is 13.2. The third kappa shape index (κ3) is 8.89. The molecule has 13 heteroatoms. The maximum absolute atomic E-state index is 13.2. The summed E-state index contributed by atoms with van der Waals surface area (Å²) in [6, 6.07) is 32.9. The molecule has 5 aromatic rings. The molecule has 1 unspecified atom stereocenters. The molecule has 2 heterocycles. The van der Waals surface area contributed by atoms with Gasteiger partial charge in [-0.2, -0.15) is 0 Å². The molecule has 0 bridgehead atoms. The predicted molar refractivity (Wildman–Crippen MR) is 219 cm³/mol. The Morgan fingerprint density at radius 2 is 1.39 bits per heavy atom. The summed E-state index contributed by atoms with van der Waals surface area (Å²) in [6.45, 7) is 10.0. The Morgan fingerprint density at radius 1 is 0.839 bits per heavy atom. The fourth-order valence-electron chi connectivity index (χ4n) is 7.03. The van der Waals surface area contributed by atoms with Crippen LogP contribution >= 0.6 is 20.1 Å². The summed E-state index contributed by atoms with van der Waals surface area (Å²) in [5.41, 5.74) is 0.782. The van der Waals surface area contributed by atoms with Crippen LogP contribution in [0.15, 0.2) is 119 Å². The molecule has 1 aliphatic rings. The number of hydrogen-bond donors (Lipinski definition) is 1. The zero-order valence-electron chi connectivity index (χ0n) is 32.7. The van der Waals surface area contributed by atoms with Gasteiger partial charge in [0.2, 0.25) is 0 Å². The minimum absolute atomic E-state index is 0.0316. The fraction of sp³-hybridized carbons (Fsp3) is 0.349. The van der Waals surface area contributed by atoms with Crippen molar-refractivity contribution in [2.45, 2.75) is 77.2 Å². The maximum Gasteiger partial charge on any atom is 0.330 e. The van der Waals surface area contributed by atoms with Crippen LogP contribution in [0.25, 0.3) is 0 Å². The lowest BCUT2D eigenvalue weighted by atomic mass is 9.80. The quantitative estimate of drug-likeness (QED) is 0.0774. The first-order chi connectivity index (χ1) is 26.9. The molecule has 6 rings (SSSR count). The van der Waals surface area contributed by atoms with Crippen LogP contribution in [0, 0.1) is 6.92 Å². The van der Waals surface area contributed by atoms with Crippen molar-refractivity contribution in [2.24, 2.45) is 0 Å². The smallest absolute Gasteiger partial charge is 0.330 e. The molecule has 1 aromatic heterocycles. The van der Waals surface area contributed by atoms with E-state index in [4.69, 9.17) is 39.6 Å². The van der Waals surface area contributed by atoms with Gasteiger partial charge in [0.15, 0.2) is 0 Å². The summed E-state index contributed by atoms with van der Waals surface area (Å²) in [5.74, 6) is 1.90. The lowest BCUT2D eigenvalue weighted by Gasteiger charge is -2.39. The van der Waals surface area contributed by atoms with Gasteiger partial charge in [0.05, 0.1) is 32.0 Å². The number of aryl methyl sites for hydroxylation is 1. The molecular formula is C43H49ClN3O8P. The molecule has 0 saturated carbocycles. The summed E-state index contributed by atoms with van der Waals surface area (Å²) in [4.78, 5) is 28.0. The van der Waals surface area contributed by atoms with Crippen LogP contribution in [0.1, 0.15) is 62.6 Å². The van der Waals surface area contributed by atoms with Crippen LogP contribution in [0.3, 0.4) is 0 Å². The van der Waals surface area contributed by atoms with Gasteiger partial charge in [-0.05, 0) is 87.7 Å². The Morgan fingerprint density at radius 3 is 1.95 bits per heavy atom. The van der Waals surface area contributed by atoms with Gasteiger partial charge in [-0.15, -0.1) is 0 Å². The Hall–Kier alpha value is -4.48. The van der Waals surface area contributed by atoms with Crippen LogP contribution < -0.4 is 25.2 Å². The number of benzene rings is 4. The summed E-state index contributed by atoms with van der Waals surface area (Å²) >= 11 is 6.62. The number of hydrogen-bond acceptors (Lipinski definition) is 9. The Bertz CT molecular complexity index is 2110. The molecule has 56 heavy (non-hydrogen) atoms. The SMILES string of the molecule is COc1ccc(C(OC[C@H]2O[C@@H](n3cc(C)c(=O)[nH]c3=O)C[C@@H]2OP(Oc2ccccc2Cl)N(C(C)C)C(C)C)(c2ccccc2)c2ccc(OC)cc2)cc1. The van der Waals surface area contributed by atoms with E-state index in [1.807, 2.05) is 97.1 Å². The topological polar surface area (TPSA) is 113 Å². The molecule has 4 atom stereocenters. The second kappa shape index (κ2) is 18.2. The van der Waals surface area contributed by atoms with Crippen LogP contribution in [0.5, 0.6) is 17.2 Å². The van der Waals surface area contributed by atoms with Gasteiger partial charge in [-0.25, -0.2) is 9.46 Å². The van der Waals surface area contributed by atoms with Gasteiger partial charge in [-0.3, -0.25) is 14.3 Å². The van der Waals surface area contributed by atoms with E-state index in [1.54, 1.807) is 27.2 Å². The van der Waals surface area contributed by atoms with Gasteiger partial charge in [-0.1, -0.05) is 78.3 Å². The van der Waals surface area contributed by atoms with Gasteiger partial charge in [0.1, 0.15) is 35.2 Å². The van der Waals surface area contributed by atoms with E-state index in [0.29, 0.717) is 27.8 Å². The fourth-order valence-corrected chi connectivity index (χ4v) is 9.04. The van der Waals surface area contributed by atoms with E-state index in [2.05, 4.69) is 37.3 Å². The molecule has 1 aliphatic heterocycles. The minimum atomic E-state index is -1.78. The van der Waals surface area contributed by atoms with E-state index < -0.39 is 43.8 Å². The monoisotopic (exact) mass is 801 g/mol. The molecule has 1 saturated heterocycles. The number of nitrogens with one attached hydrogen (secondary N) is 1. The highest BCUT2D eigenvalue weighted by Gasteiger charge is 2.45. The number of aromatic amines is 1.